The SMILES string of the molecule is Cl.O=S(=O)(c1ccc(Br)o1)N1CCNCC1c1cccnc1. The van der Waals surface area contributed by atoms with Gasteiger partial charge < -0.3 is 9.73 Å². The van der Waals surface area contributed by atoms with Crippen molar-refractivity contribution >= 4 is 38.4 Å². The number of hydrogen-bond donors (Lipinski definition) is 1. The summed E-state index contributed by atoms with van der Waals surface area (Å²) in [5.41, 5.74) is 0.860. The van der Waals surface area contributed by atoms with E-state index in [4.69, 9.17) is 4.42 Å². The van der Waals surface area contributed by atoms with Crippen molar-refractivity contribution in [2.75, 3.05) is 19.6 Å². The van der Waals surface area contributed by atoms with Gasteiger partial charge in [-0.1, -0.05) is 6.07 Å². The number of pyridine rings is 1. The highest BCUT2D eigenvalue weighted by Crippen LogP contribution is 2.30. The van der Waals surface area contributed by atoms with Crippen molar-refractivity contribution in [2.45, 2.75) is 11.1 Å². The number of nitrogens with one attached hydrogen (secondary N) is 1. The minimum absolute atomic E-state index is 0. The second kappa shape index (κ2) is 7.10. The zero-order valence-corrected chi connectivity index (χ0v) is 14.7. The van der Waals surface area contributed by atoms with E-state index in [9.17, 15) is 8.42 Å². The summed E-state index contributed by atoms with van der Waals surface area (Å²) in [7, 11) is -3.67. The highest BCUT2D eigenvalue weighted by atomic mass is 79.9. The third kappa shape index (κ3) is 3.36. The first kappa shape index (κ1) is 17.4. The average Bonchev–Trinajstić information content (AvgIpc) is 2.95. The van der Waals surface area contributed by atoms with Crippen LogP contribution in [0, 0.1) is 0 Å². The molecule has 6 nitrogen and oxygen atoms in total. The number of hydrogen-bond acceptors (Lipinski definition) is 5. The Morgan fingerprint density at radius 2 is 2.18 bits per heavy atom. The molecular weight excluding hydrogens is 394 g/mol. The molecule has 0 amide bonds. The molecule has 1 atom stereocenters. The Kier molecular flexibility index (Phi) is 5.62. The van der Waals surface area contributed by atoms with Gasteiger partial charge in [0, 0.05) is 32.0 Å². The quantitative estimate of drug-likeness (QED) is 0.842. The molecule has 2 aromatic rings. The lowest BCUT2D eigenvalue weighted by Gasteiger charge is -2.34. The Bertz CT molecular complexity index is 723. The summed E-state index contributed by atoms with van der Waals surface area (Å²) in [4.78, 5) is 4.07. The maximum Gasteiger partial charge on any atom is 0.277 e. The first-order chi connectivity index (χ1) is 10.1. The van der Waals surface area contributed by atoms with Crippen LogP contribution in [0.1, 0.15) is 11.6 Å². The lowest BCUT2D eigenvalue weighted by atomic mass is 10.1. The minimum Gasteiger partial charge on any atom is -0.437 e. The van der Waals surface area contributed by atoms with E-state index >= 15 is 0 Å². The van der Waals surface area contributed by atoms with Gasteiger partial charge in [-0.05, 0) is 39.7 Å². The van der Waals surface area contributed by atoms with E-state index < -0.39 is 10.0 Å². The van der Waals surface area contributed by atoms with E-state index in [-0.39, 0.29) is 23.5 Å². The summed E-state index contributed by atoms with van der Waals surface area (Å²) < 4.78 is 32.6. The number of furan rings is 1. The summed E-state index contributed by atoms with van der Waals surface area (Å²) in [6.07, 6.45) is 3.36. The van der Waals surface area contributed by atoms with Crippen LogP contribution in [0.25, 0.3) is 0 Å². The number of sulfonamides is 1. The monoisotopic (exact) mass is 407 g/mol. The van der Waals surface area contributed by atoms with Crippen molar-refractivity contribution in [3.8, 4) is 0 Å². The second-order valence-electron chi connectivity index (χ2n) is 4.68. The summed E-state index contributed by atoms with van der Waals surface area (Å²) in [5, 5.41) is 3.17. The fourth-order valence-corrected chi connectivity index (χ4v) is 4.33. The number of halogens is 2. The van der Waals surface area contributed by atoms with Gasteiger partial charge in [-0.15, -0.1) is 12.4 Å². The van der Waals surface area contributed by atoms with Crippen molar-refractivity contribution in [1.82, 2.24) is 14.6 Å². The summed E-state index contributed by atoms with van der Waals surface area (Å²) >= 11 is 3.14. The molecule has 1 fully saturated rings. The van der Waals surface area contributed by atoms with E-state index in [0.29, 0.717) is 24.3 Å². The topological polar surface area (TPSA) is 75.4 Å². The maximum atomic E-state index is 12.7. The van der Waals surface area contributed by atoms with Crippen molar-refractivity contribution < 1.29 is 12.8 Å². The molecule has 0 radical (unpaired) electrons. The maximum absolute atomic E-state index is 12.7. The predicted octanol–water partition coefficient (Wildman–Crippen LogP) is 2.19. The Balaban J connectivity index is 0.00000176. The largest absolute Gasteiger partial charge is 0.437 e. The highest BCUT2D eigenvalue weighted by Gasteiger charge is 2.36. The van der Waals surface area contributed by atoms with Crippen molar-refractivity contribution in [2.24, 2.45) is 0 Å². The zero-order chi connectivity index (χ0) is 14.9. The molecule has 0 aliphatic carbocycles. The Morgan fingerprint density at radius 1 is 1.36 bits per heavy atom. The van der Waals surface area contributed by atoms with E-state index in [2.05, 4.69) is 26.2 Å². The van der Waals surface area contributed by atoms with Crippen LogP contribution in [0.5, 0.6) is 0 Å². The van der Waals surface area contributed by atoms with Crippen LogP contribution < -0.4 is 5.32 Å². The van der Waals surface area contributed by atoms with Gasteiger partial charge in [-0.3, -0.25) is 4.98 Å². The molecule has 1 unspecified atom stereocenters. The molecule has 0 saturated carbocycles. The number of rotatable bonds is 3. The smallest absolute Gasteiger partial charge is 0.277 e. The number of piperazine rings is 1. The molecule has 0 aromatic carbocycles. The molecule has 9 heteroatoms. The molecule has 0 bridgehead atoms. The van der Waals surface area contributed by atoms with Crippen LogP contribution in [0.2, 0.25) is 0 Å². The van der Waals surface area contributed by atoms with Crippen LogP contribution in [0.3, 0.4) is 0 Å². The van der Waals surface area contributed by atoms with Crippen molar-refractivity contribution in [1.29, 1.82) is 0 Å². The van der Waals surface area contributed by atoms with Crippen LogP contribution in [-0.4, -0.2) is 37.3 Å². The van der Waals surface area contributed by atoms with E-state index in [1.165, 1.54) is 10.4 Å². The third-order valence-electron chi connectivity index (χ3n) is 3.37. The van der Waals surface area contributed by atoms with Crippen LogP contribution in [-0.2, 0) is 10.0 Å². The standard InChI is InChI=1S/C13H14BrN3O3S.ClH/c14-12-3-4-13(20-12)21(18,19)17-7-6-16-9-11(17)10-2-1-5-15-8-10;/h1-5,8,11,16H,6-7,9H2;1H. The van der Waals surface area contributed by atoms with Gasteiger partial charge in [0.15, 0.2) is 4.67 Å². The van der Waals surface area contributed by atoms with Gasteiger partial charge in [0.1, 0.15) is 0 Å². The van der Waals surface area contributed by atoms with Crippen LogP contribution >= 0.6 is 28.3 Å². The second-order valence-corrected chi connectivity index (χ2v) is 7.28. The van der Waals surface area contributed by atoms with Crippen molar-refractivity contribution in [3.63, 3.8) is 0 Å². The molecule has 3 heterocycles. The first-order valence-electron chi connectivity index (χ1n) is 6.47. The van der Waals surface area contributed by atoms with Gasteiger partial charge in [-0.2, -0.15) is 4.31 Å². The molecule has 1 N–H and O–H groups in total. The van der Waals surface area contributed by atoms with Crippen LogP contribution in [0.15, 0.2) is 50.8 Å². The normalized spacial score (nSPS) is 19.6. The molecule has 120 valence electrons. The predicted molar refractivity (Wildman–Crippen MR) is 87.4 cm³/mol. The van der Waals surface area contributed by atoms with Gasteiger partial charge in [0.2, 0.25) is 5.09 Å². The zero-order valence-electron chi connectivity index (χ0n) is 11.5. The van der Waals surface area contributed by atoms with Gasteiger partial charge in [-0.25, -0.2) is 8.42 Å². The fraction of sp³-hybridized carbons (Fsp3) is 0.308. The fourth-order valence-electron chi connectivity index (χ4n) is 2.38. The number of nitrogens with zero attached hydrogens (tertiary/aromatic N) is 2. The van der Waals surface area contributed by atoms with Gasteiger partial charge in [0.05, 0.1) is 6.04 Å². The molecule has 1 saturated heterocycles. The molecule has 2 aromatic heterocycles. The van der Waals surface area contributed by atoms with E-state index in [0.717, 1.165) is 5.56 Å². The highest BCUT2D eigenvalue weighted by molar-refractivity contribution is 9.10. The summed E-state index contributed by atoms with van der Waals surface area (Å²) in [6.45, 7) is 1.55. The summed E-state index contributed by atoms with van der Waals surface area (Å²) in [6, 6.07) is 6.43. The molecule has 3 rings (SSSR count). The lowest BCUT2D eigenvalue weighted by molar-refractivity contribution is 0.263. The Hall–Kier alpha value is -0.930. The third-order valence-corrected chi connectivity index (χ3v) is 5.58. The molecule has 1 aliphatic rings. The lowest BCUT2D eigenvalue weighted by Crippen LogP contribution is -2.48. The summed E-state index contributed by atoms with van der Waals surface area (Å²) in [5.74, 6) is 0. The minimum atomic E-state index is -3.67. The van der Waals surface area contributed by atoms with Crippen LogP contribution in [0.4, 0.5) is 0 Å². The number of aromatic nitrogens is 1. The first-order valence-corrected chi connectivity index (χ1v) is 8.70. The van der Waals surface area contributed by atoms with Crippen molar-refractivity contribution in [3.05, 3.63) is 46.9 Å². The Labute approximate surface area is 143 Å². The van der Waals surface area contributed by atoms with E-state index in [1.807, 2.05) is 6.07 Å². The Morgan fingerprint density at radius 3 is 2.82 bits per heavy atom. The molecular formula is C13H15BrClN3O3S. The molecule has 0 spiro atoms. The van der Waals surface area contributed by atoms with Gasteiger partial charge in [0.25, 0.3) is 10.0 Å². The van der Waals surface area contributed by atoms with E-state index in [1.54, 1.807) is 24.5 Å². The molecule has 1 aliphatic heterocycles. The van der Waals surface area contributed by atoms with Gasteiger partial charge >= 0.3 is 0 Å². The average molecular weight is 409 g/mol. The molecule has 22 heavy (non-hydrogen) atoms.